The molecular weight excluding hydrogens is 410 g/mol. The molecule has 32 heavy (non-hydrogen) atoms. The van der Waals surface area contributed by atoms with Crippen molar-refractivity contribution in [3.8, 4) is 0 Å². The quantitative estimate of drug-likeness (QED) is 0.538. The number of hydrogen-bond acceptors (Lipinski definition) is 5. The summed E-state index contributed by atoms with van der Waals surface area (Å²) in [5.74, 6) is 0.912. The molecule has 1 aliphatic carbocycles. The van der Waals surface area contributed by atoms with E-state index in [1.54, 1.807) is 24.3 Å². The van der Waals surface area contributed by atoms with Crippen LogP contribution in [0.15, 0.2) is 54.7 Å². The van der Waals surface area contributed by atoms with Gasteiger partial charge in [-0.05, 0) is 68.1 Å². The molecule has 2 N–H and O–H groups in total. The lowest BCUT2D eigenvalue weighted by molar-refractivity contribution is 0.325. The van der Waals surface area contributed by atoms with Crippen LogP contribution in [0, 0.1) is 31.4 Å². The normalized spacial score (nSPS) is 19.0. The summed E-state index contributed by atoms with van der Waals surface area (Å²) in [7, 11) is 2.06. The number of aliphatic hydroxyl groups is 1. The van der Waals surface area contributed by atoms with Gasteiger partial charge < -0.3 is 15.3 Å². The molecule has 0 bridgehead atoms. The van der Waals surface area contributed by atoms with Crippen LogP contribution in [0.3, 0.4) is 0 Å². The lowest BCUT2D eigenvalue weighted by Gasteiger charge is -2.27. The Morgan fingerprint density at radius 3 is 2.38 bits per heavy atom. The van der Waals surface area contributed by atoms with Gasteiger partial charge in [0.15, 0.2) is 0 Å². The van der Waals surface area contributed by atoms with Gasteiger partial charge in [0.25, 0.3) is 0 Å². The van der Waals surface area contributed by atoms with Crippen molar-refractivity contribution in [1.29, 1.82) is 0 Å². The fourth-order valence-electron chi connectivity index (χ4n) is 4.12. The highest BCUT2D eigenvalue weighted by Gasteiger charge is 2.53. The van der Waals surface area contributed by atoms with Crippen molar-refractivity contribution in [3.05, 3.63) is 83.4 Å². The summed E-state index contributed by atoms with van der Waals surface area (Å²) in [6, 6.07) is 12.8. The third-order valence-electron chi connectivity index (χ3n) is 5.99. The van der Waals surface area contributed by atoms with Crippen molar-refractivity contribution in [3.63, 3.8) is 0 Å². The number of aryl methyl sites for hydroxylation is 2. The number of anilines is 2. The second kappa shape index (κ2) is 10.0. The average Bonchev–Trinajstić information content (AvgIpc) is 3.40. The standard InChI is InChI=1S/C18H22FN3.C7H8FNO/c1-12-9-18(12,15-6-5-7-16(19)8-15)11-22(4)17-10-20-14(3)21-13(17)2;8-6-1-3-7(4-2-6)9-5-10/h5-8,10,12H,9,11H2,1-4H3;1-4,9-10H,5H2/t12?,18-;/m0./s1. The van der Waals surface area contributed by atoms with Crippen molar-refractivity contribution in [2.75, 3.05) is 30.5 Å². The number of halogens is 2. The van der Waals surface area contributed by atoms with Crippen molar-refractivity contribution < 1.29 is 13.9 Å². The van der Waals surface area contributed by atoms with Crippen LogP contribution < -0.4 is 10.2 Å². The fraction of sp³-hybridized carbons (Fsp3) is 0.360. The van der Waals surface area contributed by atoms with E-state index in [0.29, 0.717) is 11.6 Å². The molecule has 0 amide bonds. The minimum Gasteiger partial charge on any atom is -0.377 e. The monoisotopic (exact) mass is 440 g/mol. The number of nitrogens with one attached hydrogen (secondary N) is 1. The van der Waals surface area contributed by atoms with Crippen LogP contribution in [0.1, 0.15) is 30.4 Å². The van der Waals surface area contributed by atoms with Crippen LogP contribution in [0.4, 0.5) is 20.2 Å². The van der Waals surface area contributed by atoms with Crippen LogP contribution in [0.25, 0.3) is 0 Å². The van der Waals surface area contributed by atoms with Gasteiger partial charge in [0.1, 0.15) is 24.2 Å². The van der Waals surface area contributed by atoms with E-state index in [0.717, 1.165) is 35.7 Å². The van der Waals surface area contributed by atoms with Gasteiger partial charge in [0.05, 0.1) is 17.6 Å². The van der Waals surface area contributed by atoms with Crippen LogP contribution in [0.5, 0.6) is 0 Å². The van der Waals surface area contributed by atoms with Crippen LogP contribution in [0.2, 0.25) is 0 Å². The van der Waals surface area contributed by atoms with E-state index in [1.807, 2.05) is 26.1 Å². The van der Waals surface area contributed by atoms with E-state index in [1.165, 1.54) is 18.2 Å². The molecule has 7 heteroatoms. The zero-order valence-corrected chi connectivity index (χ0v) is 18.9. The molecule has 1 aliphatic rings. The van der Waals surface area contributed by atoms with Crippen LogP contribution in [-0.2, 0) is 5.41 Å². The van der Waals surface area contributed by atoms with Crippen LogP contribution in [-0.4, -0.2) is 35.4 Å². The Bertz CT molecular complexity index is 1040. The predicted molar refractivity (Wildman–Crippen MR) is 124 cm³/mol. The number of benzene rings is 2. The summed E-state index contributed by atoms with van der Waals surface area (Å²) < 4.78 is 25.8. The van der Waals surface area contributed by atoms with E-state index in [2.05, 4.69) is 34.2 Å². The Morgan fingerprint density at radius 2 is 1.81 bits per heavy atom. The first-order chi connectivity index (χ1) is 15.2. The molecule has 1 unspecified atom stereocenters. The van der Waals surface area contributed by atoms with E-state index in [-0.39, 0.29) is 23.8 Å². The first-order valence-corrected chi connectivity index (χ1v) is 10.6. The second-order valence-electron chi connectivity index (χ2n) is 8.36. The van der Waals surface area contributed by atoms with Gasteiger partial charge in [-0.2, -0.15) is 0 Å². The van der Waals surface area contributed by atoms with Crippen molar-refractivity contribution in [2.45, 2.75) is 32.6 Å². The largest absolute Gasteiger partial charge is 0.377 e. The lowest BCUT2D eigenvalue weighted by Crippen LogP contribution is -2.31. The van der Waals surface area contributed by atoms with Gasteiger partial charge in [-0.3, -0.25) is 0 Å². The highest BCUT2D eigenvalue weighted by atomic mass is 19.1. The Kier molecular flexibility index (Phi) is 7.40. The number of aliphatic hydroxyl groups excluding tert-OH is 1. The Labute approximate surface area is 188 Å². The van der Waals surface area contributed by atoms with Gasteiger partial charge in [0, 0.05) is 24.7 Å². The maximum absolute atomic E-state index is 13.6. The van der Waals surface area contributed by atoms with Gasteiger partial charge in [-0.15, -0.1) is 0 Å². The summed E-state index contributed by atoms with van der Waals surface area (Å²) in [5.41, 5.74) is 3.87. The Morgan fingerprint density at radius 1 is 1.12 bits per heavy atom. The molecule has 1 saturated carbocycles. The zero-order valence-electron chi connectivity index (χ0n) is 18.9. The molecule has 1 fully saturated rings. The molecule has 4 rings (SSSR count). The summed E-state index contributed by atoms with van der Waals surface area (Å²) in [4.78, 5) is 10.9. The van der Waals surface area contributed by atoms with E-state index in [9.17, 15) is 8.78 Å². The Balaban J connectivity index is 0.000000243. The highest BCUT2D eigenvalue weighted by Crippen LogP contribution is 2.54. The van der Waals surface area contributed by atoms with Crippen LogP contribution >= 0.6 is 0 Å². The third-order valence-corrected chi connectivity index (χ3v) is 5.99. The minimum absolute atomic E-state index is 0.0359. The van der Waals surface area contributed by atoms with Crippen molar-refractivity contribution >= 4 is 11.4 Å². The highest BCUT2D eigenvalue weighted by molar-refractivity contribution is 5.50. The number of likely N-dealkylation sites (N-methyl/N-ethyl adjacent to an activating group) is 1. The van der Waals surface area contributed by atoms with Gasteiger partial charge >= 0.3 is 0 Å². The first kappa shape index (κ1) is 23.6. The fourth-order valence-corrected chi connectivity index (χ4v) is 4.12. The Hall–Kier alpha value is -3.06. The molecule has 2 atom stereocenters. The SMILES string of the molecule is Cc1ncc(N(C)C[C@@]2(c3cccc(F)c3)CC2C)c(C)n1.OCNc1ccc(F)cc1. The second-order valence-corrected chi connectivity index (χ2v) is 8.36. The molecule has 0 aliphatic heterocycles. The predicted octanol–water partition coefficient (Wildman–Crippen LogP) is 4.83. The topological polar surface area (TPSA) is 61.3 Å². The number of nitrogens with zero attached hydrogens (tertiary/aromatic N) is 3. The molecule has 0 radical (unpaired) electrons. The van der Waals surface area contributed by atoms with E-state index in [4.69, 9.17) is 5.11 Å². The van der Waals surface area contributed by atoms with Gasteiger partial charge in [-0.1, -0.05) is 19.1 Å². The van der Waals surface area contributed by atoms with Gasteiger partial charge in [0.2, 0.25) is 0 Å². The molecule has 5 nitrogen and oxygen atoms in total. The molecule has 2 aromatic carbocycles. The molecule has 170 valence electrons. The van der Waals surface area contributed by atoms with Crippen molar-refractivity contribution in [1.82, 2.24) is 9.97 Å². The molecular formula is C25H30F2N4O. The zero-order chi connectivity index (χ0) is 23.3. The first-order valence-electron chi connectivity index (χ1n) is 10.6. The molecule has 0 spiro atoms. The molecule has 3 aromatic rings. The number of hydrogen-bond donors (Lipinski definition) is 2. The molecule has 1 heterocycles. The smallest absolute Gasteiger partial charge is 0.125 e. The lowest BCUT2D eigenvalue weighted by atomic mass is 9.92. The summed E-state index contributed by atoms with van der Waals surface area (Å²) in [6.07, 6.45) is 2.97. The maximum Gasteiger partial charge on any atom is 0.125 e. The number of aromatic nitrogens is 2. The molecule has 1 aromatic heterocycles. The summed E-state index contributed by atoms with van der Waals surface area (Å²) in [5, 5.41) is 11.0. The van der Waals surface area contributed by atoms with E-state index < -0.39 is 0 Å². The maximum atomic E-state index is 13.6. The average molecular weight is 441 g/mol. The summed E-state index contributed by atoms with van der Waals surface area (Å²) >= 11 is 0. The summed E-state index contributed by atoms with van der Waals surface area (Å²) in [6.45, 7) is 6.85. The van der Waals surface area contributed by atoms with E-state index >= 15 is 0 Å². The van der Waals surface area contributed by atoms with Crippen molar-refractivity contribution in [2.24, 2.45) is 5.92 Å². The molecule has 0 saturated heterocycles. The van der Waals surface area contributed by atoms with Gasteiger partial charge in [-0.25, -0.2) is 18.7 Å². The third kappa shape index (κ3) is 5.59. The minimum atomic E-state index is -0.275. The number of rotatable bonds is 6.